The molecule has 4 rings (SSSR count). The van der Waals surface area contributed by atoms with E-state index in [1.165, 1.54) is 50.5 Å². The van der Waals surface area contributed by atoms with Crippen molar-refractivity contribution >= 4 is 10.4 Å². The lowest BCUT2D eigenvalue weighted by Gasteiger charge is -2.58. The highest BCUT2D eigenvalue weighted by molar-refractivity contribution is 7.80. The summed E-state index contributed by atoms with van der Waals surface area (Å²) in [7, 11) is -4.38. The van der Waals surface area contributed by atoms with Gasteiger partial charge in [0.25, 0.3) is 0 Å². The number of rotatable bonds is 7. The van der Waals surface area contributed by atoms with Gasteiger partial charge in [-0.1, -0.05) is 65.5 Å². The average molecular weight is 467 g/mol. The van der Waals surface area contributed by atoms with E-state index in [4.69, 9.17) is 8.74 Å². The molecule has 8 atom stereocenters. The lowest BCUT2D eigenvalue weighted by atomic mass is 9.47. The first-order chi connectivity index (χ1) is 14.9. The minimum Gasteiger partial charge on any atom is -0.264 e. The van der Waals surface area contributed by atoms with Crippen LogP contribution in [0.1, 0.15) is 105 Å². The van der Waals surface area contributed by atoms with Crippen molar-refractivity contribution in [2.45, 2.75) is 111 Å². The third kappa shape index (κ3) is 4.60. The molecule has 32 heavy (non-hydrogen) atoms. The Morgan fingerprint density at radius 2 is 1.81 bits per heavy atom. The summed E-state index contributed by atoms with van der Waals surface area (Å²) >= 11 is 0. The molecule has 0 saturated heterocycles. The van der Waals surface area contributed by atoms with Crippen LogP contribution in [0.15, 0.2) is 11.6 Å². The highest BCUT2D eigenvalue weighted by Crippen LogP contribution is 2.67. The van der Waals surface area contributed by atoms with E-state index in [0.717, 1.165) is 42.4 Å². The lowest BCUT2D eigenvalue weighted by molar-refractivity contribution is -0.0560. The van der Waals surface area contributed by atoms with E-state index in [1.54, 1.807) is 0 Å². The number of hydrogen-bond donors (Lipinski definition) is 1. The summed E-state index contributed by atoms with van der Waals surface area (Å²) in [6.45, 7) is 12.3. The van der Waals surface area contributed by atoms with E-state index in [-0.39, 0.29) is 5.41 Å². The zero-order valence-corrected chi connectivity index (χ0v) is 21.8. The van der Waals surface area contributed by atoms with Gasteiger partial charge in [-0.3, -0.25) is 4.55 Å². The van der Waals surface area contributed by atoms with Crippen LogP contribution in [-0.4, -0.2) is 19.1 Å². The van der Waals surface area contributed by atoms with Crippen molar-refractivity contribution < 1.29 is 17.2 Å². The number of allylic oxidation sites excluding steroid dienone is 1. The Bertz CT molecular complexity index is 818. The second kappa shape index (κ2) is 9.00. The van der Waals surface area contributed by atoms with Gasteiger partial charge in [-0.25, -0.2) is 4.18 Å². The smallest absolute Gasteiger partial charge is 0.264 e. The Morgan fingerprint density at radius 3 is 2.50 bits per heavy atom. The Labute approximate surface area is 196 Å². The van der Waals surface area contributed by atoms with E-state index < -0.39 is 16.5 Å². The Balaban J connectivity index is 1.47. The van der Waals surface area contributed by atoms with Gasteiger partial charge in [-0.2, -0.15) is 8.42 Å². The minimum atomic E-state index is -4.38. The highest BCUT2D eigenvalue weighted by Gasteiger charge is 2.59. The van der Waals surface area contributed by atoms with Crippen molar-refractivity contribution in [2.24, 2.45) is 46.3 Å². The molecule has 0 aliphatic heterocycles. The molecule has 1 unspecified atom stereocenters. The summed E-state index contributed by atoms with van der Waals surface area (Å²) in [6.07, 6.45) is 15.1. The predicted molar refractivity (Wildman–Crippen MR) is 129 cm³/mol. The quantitative estimate of drug-likeness (QED) is 0.318. The first-order valence-corrected chi connectivity index (χ1v) is 14.7. The van der Waals surface area contributed by atoms with E-state index in [2.05, 4.69) is 40.7 Å². The molecule has 0 bridgehead atoms. The molecule has 0 aromatic heterocycles. The summed E-state index contributed by atoms with van der Waals surface area (Å²) in [5, 5.41) is 0. The molecule has 1 N–H and O–H groups in total. The van der Waals surface area contributed by atoms with Crippen LogP contribution in [-0.2, 0) is 14.6 Å². The zero-order chi connectivity index (χ0) is 23.3. The normalized spacial score (nSPS) is 42.7. The minimum absolute atomic E-state index is 0.171. The molecule has 4 aliphatic carbocycles. The Hall–Kier alpha value is -0.390. The van der Waals surface area contributed by atoms with Crippen molar-refractivity contribution in [3.63, 3.8) is 0 Å². The van der Waals surface area contributed by atoms with E-state index in [9.17, 15) is 8.42 Å². The van der Waals surface area contributed by atoms with Gasteiger partial charge in [0.05, 0.1) is 6.10 Å². The molecule has 0 heterocycles. The summed E-state index contributed by atoms with van der Waals surface area (Å²) in [4.78, 5) is 0. The Morgan fingerprint density at radius 1 is 1.06 bits per heavy atom. The van der Waals surface area contributed by atoms with Gasteiger partial charge in [0, 0.05) is 0 Å². The summed E-state index contributed by atoms with van der Waals surface area (Å²) in [6, 6.07) is 0. The van der Waals surface area contributed by atoms with Gasteiger partial charge >= 0.3 is 10.4 Å². The molecule has 0 aromatic rings. The molecule has 0 amide bonds. The number of hydrogen-bond acceptors (Lipinski definition) is 3. The van der Waals surface area contributed by atoms with E-state index in [1.807, 2.05) is 0 Å². The van der Waals surface area contributed by atoms with E-state index >= 15 is 0 Å². The first kappa shape index (κ1) is 24.7. The van der Waals surface area contributed by atoms with Gasteiger partial charge in [0.2, 0.25) is 0 Å². The van der Waals surface area contributed by atoms with Gasteiger partial charge < -0.3 is 0 Å². The molecule has 4 aliphatic rings. The molecule has 3 saturated carbocycles. The van der Waals surface area contributed by atoms with Crippen molar-refractivity contribution in [1.29, 1.82) is 0 Å². The van der Waals surface area contributed by atoms with Crippen LogP contribution in [0.5, 0.6) is 0 Å². The highest BCUT2D eigenvalue weighted by atomic mass is 32.3. The van der Waals surface area contributed by atoms with Gasteiger partial charge in [0.15, 0.2) is 0 Å². The first-order valence-electron chi connectivity index (χ1n) is 13.3. The van der Waals surface area contributed by atoms with Crippen LogP contribution in [0.2, 0.25) is 0 Å². The molecule has 184 valence electrons. The molecule has 3 fully saturated rings. The van der Waals surface area contributed by atoms with E-state index in [0.29, 0.717) is 24.2 Å². The van der Waals surface area contributed by atoms with Crippen molar-refractivity contribution in [3.05, 3.63) is 11.6 Å². The second-order valence-electron chi connectivity index (χ2n) is 12.7. The average Bonchev–Trinajstić information content (AvgIpc) is 3.04. The summed E-state index contributed by atoms with van der Waals surface area (Å²) in [5.41, 5.74) is 2.05. The van der Waals surface area contributed by atoms with Crippen molar-refractivity contribution in [3.8, 4) is 0 Å². The maximum atomic E-state index is 11.2. The second-order valence-corrected chi connectivity index (χ2v) is 13.7. The monoisotopic (exact) mass is 466 g/mol. The summed E-state index contributed by atoms with van der Waals surface area (Å²) < 4.78 is 36.6. The SMILES string of the molecule is CC(C)CCC[C@@H](C)[C@H]1CCC2[C@H]3CC=C4C[C@@H](OS(=O)(=O)O)CC[C@]4(C)[C@@H]3CC[C@@]21C. The van der Waals surface area contributed by atoms with Crippen LogP contribution in [0.25, 0.3) is 0 Å². The van der Waals surface area contributed by atoms with Crippen LogP contribution in [0, 0.1) is 46.3 Å². The van der Waals surface area contributed by atoms with Crippen molar-refractivity contribution in [2.75, 3.05) is 0 Å². The standard InChI is InChI=1S/C27H46O4S/c1-18(2)7-6-8-19(3)23-11-12-24-22-10-9-20-17-21(31-32(28,29)30)13-15-26(20,4)25(22)14-16-27(23,24)5/h9,18-19,21-25H,6-8,10-17H2,1-5H3,(H,28,29,30)/t19-,21+,22-,23-,24?,25-,26+,27-/m1/s1. The predicted octanol–water partition coefficient (Wildman–Crippen LogP) is 7.22. The van der Waals surface area contributed by atoms with Crippen molar-refractivity contribution in [1.82, 2.24) is 0 Å². The fourth-order valence-electron chi connectivity index (χ4n) is 8.91. The maximum absolute atomic E-state index is 11.2. The zero-order valence-electron chi connectivity index (χ0n) is 21.0. The van der Waals surface area contributed by atoms with Gasteiger partial charge in [0.1, 0.15) is 0 Å². The maximum Gasteiger partial charge on any atom is 0.397 e. The van der Waals surface area contributed by atoms with Gasteiger partial charge in [-0.15, -0.1) is 0 Å². The lowest BCUT2D eigenvalue weighted by Crippen LogP contribution is -2.51. The van der Waals surface area contributed by atoms with Crippen LogP contribution in [0.3, 0.4) is 0 Å². The van der Waals surface area contributed by atoms with Crippen LogP contribution in [0.4, 0.5) is 0 Å². The van der Waals surface area contributed by atoms with Crippen LogP contribution >= 0.6 is 0 Å². The molecular formula is C27H46O4S. The third-order valence-electron chi connectivity index (χ3n) is 10.5. The third-order valence-corrected chi connectivity index (χ3v) is 11.0. The van der Waals surface area contributed by atoms with Gasteiger partial charge in [-0.05, 0) is 97.7 Å². The molecule has 4 nitrogen and oxygen atoms in total. The molecule has 0 aromatic carbocycles. The topological polar surface area (TPSA) is 63.6 Å². The summed E-state index contributed by atoms with van der Waals surface area (Å²) in [5.74, 6) is 4.83. The largest absolute Gasteiger partial charge is 0.397 e. The fourth-order valence-corrected chi connectivity index (χ4v) is 9.41. The Kier molecular flexibility index (Phi) is 6.95. The molecule has 5 heteroatoms. The fraction of sp³-hybridized carbons (Fsp3) is 0.926. The number of fused-ring (bicyclic) bond motifs is 5. The molecule has 0 radical (unpaired) electrons. The molecule has 0 spiro atoms. The molecular weight excluding hydrogens is 420 g/mol. The van der Waals surface area contributed by atoms with Crippen LogP contribution < -0.4 is 0 Å².